The minimum atomic E-state index is -0.120. The van der Waals surface area contributed by atoms with Crippen LogP contribution in [0.3, 0.4) is 0 Å². The Bertz CT molecular complexity index is 379. The van der Waals surface area contributed by atoms with Crippen LogP contribution in [0.2, 0.25) is 0 Å². The summed E-state index contributed by atoms with van der Waals surface area (Å²) in [5.74, 6) is 0.0486. The van der Waals surface area contributed by atoms with Gasteiger partial charge in [-0.15, -0.1) is 11.8 Å². The van der Waals surface area contributed by atoms with E-state index in [9.17, 15) is 4.79 Å². The minimum Gasteiger partial charge on any atom is -0.398 e. The number of carbonyl (C=O) groups is 1. The van der Waals surface area contributed by atoms with Crippen molar-refractivity contribution >= 4 is 23.4 Å². The molecule has 1 rings (SSSR count). The third kappa shape index (κ3) is 3.45. The molecule has 4 heteroatoms. The normalized spacial score (nSPS) is 12.2. The zero-order valence-electron chi connectivity index (χ0n) is 9.91. The van der Waals surface area contributed by atoms with Gasteiger partial charge in [0.25, 0.3) is 0 Å². The predicted octanol–water partition coefficient (Wildman–Crippen LogP) is 2.19. The summed E-state index contributed by atoms with van der Waals surface area (Å²) in [4.78, 5) is 12.5. The molecule has 0 aromatic heterocycles. The van der Waals surface area contributed by atoms with E-state index >= 15 is 0 Å². The molecular formula is C12H18N2OS. The first-order valence-electron chi connectivity index (χ1n) is 5.35. The average Bonchev–Trinajstić information content (AvgIpc) is 2.22. The Hall–Kier alpha value is -1.16. The monoisotopic (exact) mass is 238 g/mol. The van der Waals surface area contributed by atoms with Gasteiger partial charge in [-0.3, -0.25) is 4.79 Å². The summed E-state index contributed by atoms with van der Waals surface area (Å²) in [5, 5.41) is 2.68. The molecule has 0 radical (unpaired) electrons. The predicted molar refractivity (Wildman–Crippen MR) is 69.6 cm³/mol. The molecule has 1 aromatic carbocycles. The number of amides is 1. The van der Waals surface area contributed by atoms with Gasteiger partial charge in [-0.1, -0.05) is 6.07 Å². The van der Waals surface area contributed by atoms with E-state index in [1.54, 1.807) is 0 Å². The fourth-order valence-corrected chi connectivity index (χ4v) is 2.25. The minimum absolute atomic E-state index is 0.0486. The van der Waals surface area contributed by atoms with Gasteiger partial charge in [0.1, 0.15) is 0 Å². The smallest absolute Gasteiger partial charge is 0.233 e. The highest BCUT2D eigenvalue weighted by Gasteiger charge is 2.14. The Labute approximate surface area is 101 Å². The molecule has 0 heterocycles. The van der Waals surface area contributed by atoms with Crippen molar-refractivity contribution in [2.75, 3.05) is 12.3 Å². The molecule has 0 saturated heterocycles. The number of hydrogen-bond acceptors (Lipinski definition) is 3. The summed E-state index contributed by atoms with van der Waals surface area (Å²) in [6.45, 7) is 6.45. The number of anilines is 1. The van der Waals surface area contributed by atoms with Crippen LogP contribution in [-0.4, -0.2) is 17.7 Å². The van der Waals surface area contributed by atoms with E-state index in [0.29, 0.717) is 6.54 Å². The number of nitrogens with two attached hydrogens (primary N) is 1. The maximum Gasteiger partial charge on any atom is 0.233 e. The highest BCUT2D eigenvalue weighted by molar-refractivity contribution is 8.00. The molecule has 0 aliphatic heterocycles. The number of benzene rings is 1. The van der Waals surface area contributed by atoms with Crippen LogP contribution in [0.4, 0.5) is 5.69 Å². The molecule has 0 aliphatic rings. The summed E-state index contributed by atoms with van der Waals surface area (Å²) >= 11 is 1.49. The standard InChI is InChI=1S/C12H18N2OS/c1-4-14-12(15)9(3)16-11-6-5-8(2)7-10(11)13/h5-7,9H,4,13H2,1-3H3,(H,14,15). The second-order valence-corrected chi connectivity index (χ2v) is 5.08. The van der Waals surface area contributed by atoms with Crippen LogP contribution in [0, 0.1) is 6.92 Å². The van der Waals surface area contributed by atoms with Gasteiger partial charge in [-0.05, 0) is 38.5 Å². The van der Waals surface area contributed by atoms with Gasteiger partial charge in [0.15, 0.2) is 0 Å². The second-order valence-electron chi connectivity index (χ2n) is 3.70. The molecule has 3 N–H and O–H groups in total. The maximum absolute atomic E-state index is 11.6. The summed E-state index contributed by atoms with van der Waals surface area (Å²) in [7, 11) is 0. The van der Waals surface area contributed by atoms with Gasteiger partial charge in [0.2, 0.25) is 5.91 Å². The van der Waals surface area contributed by atoms with Crippen LogP contribution >= 0.6 is 11.8 Å². The van der Waals surface area contributed by atoms with E-state index in [1.807, 2.05) is 39.0 Å². The first kappa shape index (κ1) is 12.9. The lowest BCUT2D eigenvalue weighted by atomic mass is 10.2. The summed E-state index contributed by atoms with van der Waals surface area (Å²) < 4.78 is 0. The molecule has 0 spiro atoms. The van der Waals surface area contributed by atoms with Crippen molar-refractivity contribution in [1.29, 1.82) is 0 Å². The number of carbonyl (C=O) groups excluding carboxylic acids is 1. The largest absolute Gasteiger partial charge is 0.398 e. The highest BCUT2D eigenvalue weighted by Crippen LogP contribution is 2.29. The Morgan fingerprint density at radius 1 is 1.56 bits per heavy atom. The molecule has 16 heavy (non-hydrogen) atoms. The number of thioether (sulfide) groups is 1. The van der Waals surface area contributed by atoms with Crippen LogP contribution in [0.5, 0.6) is 0 Å². The van der Waals surface area contributed by atoms with E-state index in [0.717, 1.165) is 16.1 Å². The van der Waals surface area contributed by atoms with Gasteiger partial charge in [-0.25, -0.2) is 0 Å². The van der Waals surface area contributed by atoms with Crippen LogP contribution in [0.15, 0.2) is 23.1 Å². The van der Waals surface area contributed by atoms with Crippen molar-refractivity contribution in [2.45, 2.75) is 30.9 Å². The molecular weight excluding hydrogens is 220 g/mol. The van der Waals surface area contributed by atoms with Crippen LogP contribution in [-0.2, 0) is 4.79 Å². The van der Waals surface area contributed by atoms with Crippen molar-refractivity contribution in [3.63, 3.8) is 0 Å². The summed E-state index contributed by atoms with van der Waals surface area (Å²) in [6.07, 6.45) is 0. The average molecular weight is 238 g/mol. The maximum atomic E-state index is 11.6. The summed E-state index contributed by atoms with van der Waals surface area (Å²) in [6, 6.07) is 5.89. The number of hydrogen-bond donors (Lipinski definition) is 2. The van der Waals surface area contributed by atoms with Crippen molar-refractivity contribution < 1.29 is 4.79 Å². The fourth-order valence-electron chi connectivity index (χ4n) is 1.34. The molecule has 1 unspecified atom stereocenters. The van der Waals surface area contributed by atoms with Gasteiger partial charge in [-0.2, -0.15) is 0 Å². The van der Waals surface area contributed by atoms with E-state index in [4.69, 9.17) is 5.73 Å². The van der Waals surface area contributed by atoms with E-state index in [1.165, 1.54) is 11.8 Å². The molecule has 0 saturated carbocycles. The Morgan fingerprint density at radius 3 is 2.81 bits per heavy atom. The molecule has 88 valence electrons. The van der Waals surface area contributed by atoms with Gasteiger partial charge >= 0.3 is 0 Å². The van der Waals surface area contributed by atoms with Crippen LogP contribution in [0.1, 0.15) is 19.4 Å². The molecule has 1 aromatic rings. The Kier molecular flexibility index (Phi) is 4.68. The van der Waals surface area contributed by atoms with E-state index in [-0.39, 0.29) is 11.2 Å². The second kappa shape index (κ2) is 5.80. The molecule has 3 nitrogen and oxygen atoms in total. The van der Waals surface area contributed by atoms with Crippen LogP contribution in [0.25, 0.3) is 0 Å². The lowest BCUT2D eigenvalue weighted by molar-refractivity contribution is -0.120. The van der Waals surface area contributed by atoms with Gasteiger partial charge < -0.3 is 11.1 Å². The first-order valence-corrected chi connectivity index (χ1v) is 6.23. The van der Waals surface area contributed by atoms with Crippen molar-refractivity contribution in [1.82, 2.24) is 5.32 Å². The molecule has 1 amide bonds. The van der Waals surface area contributed by atoms with Crippen LogP contribution < -0.4 is 11.1 Å². The summed E-state index contributed by atoms with van der Waals surface area (Å²) in [5.41, 5.74) is 7.76. The third-order valence-corrected chi connectivity index (χ3v) is 3.38. The molecule has 0 fully saturated rings. The number of aryl methyl sites for hydroxylation is 1. The molecule has 0 bridgehead atoms. The zero-order chi connectivity index (χ0) is 12.1. The lowest BCUT2D eigenvalue weighted by Crippen LogP contribution is -2.30. The first-order chi connectivity index (χ1) is 7.54. The fraction of sp³-hybridized carbons (Fsp3) is 0.417. The number of nitrogen functional groups attached to an aromatic ring is 1. The number of rotatable bonds is 4. The zero-order valence-corrected chi connectivity index (χ0v) is 10.7. The Morgan fingerprint density at radius 2 is 2.25 bits per heavy atom. The molecule has 1 atom stereocenters. The van der Waals surface area contributed by atoms with E-state index < -0.39 is 0 Å². The third-order valence-electron chi connectivity index (χ3n) is 2.19. The lowest BCUT2D eigenvalue weighted by Gasteiger charge is -2.12. The molecule has 0 aliphatic carbocycles. The SMILES string of the molecule is CCNC(=O)C(C)Sc1ccc(C)cc1N. The Balaban J connectivity index is 2.69. The quantitative estimate of drug-likeness (QED) is 0.624. The topological polar surface area (TPSA) is 55.1 Å². The number of nitrogens with one attached hydrogen (secondary N) is 1. The van der Waals surface area contributed by atoms with E-state index in [2.05, 4.69) is 5.32 Å². The van der Waals surface area contributed by atoms with Crippen molar-refractivity contribution in [2.24, 2.45) is 0 Å². The highest BCUT2D eigenvalue weighted by atomic mass is 32.2. The van der Waals surface area contributed by atoms with Crippen molar-refractivity contribution in [3.8, 4) is 0 Å². The van der Waals surface area contributed by atoms with Crippen molar-refractivity contribution in [3.05, 3.63) is 23.8 Å². The van der Waals surface area contributed by atoms with Gasteiger partial charge in [0.05, 0.1) is 5.25 Å². The van der Waals surface area contributed by atoms with Gasteiger partial charge in [0, 0.05) is 17.1 Å².